The zero-order chi connectivity index (χ0) is 23.6. The number of rotatable bonds is 6. The lowest BCUT2D eigenvalue weighted by molar-refractivity contribution is -0.144. The third kappa shape index (κ3) is 4.88. The summed E-state index contributed by atoms with van der Waals surface area (Å²) >= 11 is 0. The first-order chi connectivity index (χ1) is 15.8. The fourth-order valence-corrected chi connectivity index (χ4v) is 4.37. The largest absolute Gasteiger partial charge is 0.493 e. The van der Waals surface area contributed by atoms with Crippen molar-refractivity contribution >= 4 is 5.91 Å². The van der Waals surface area contributed by atoms with Crippen LogP contribution in [0.3, 0.4) is 0 Å². The molecule has 1 amide bonds. The summed E-state index contributed by atoms with van der Waals surface area (Å²) in [4.78, 5) is 14.9. The van der Waals surface area contributed by atoms with Gasteiger partial charge < -0.3 is 23.8 Å². The van der Waals surface area contributed by atoms with Crippen LogP contribution < -0.4 is 14.2 Å². The molecule has 0 spiro atoms. The van der Waals surface area contributed by atoms with Gasteiger partial charge in [-0.15, -0.1) is 0 Å². The summed E-state index contributed by atoms with van der Waals surface area (Å²) in [5.41, 5.74) is 1.00. The van der Waals surface area contributed by atoms with Gasteiger partial charge in [-0.1, -0.05) is 6.07 Å². The first-order valence-electron chi connectivity index (χ1n) is 10.8. The van der Waals surface area contributed by atoms with Gasteiger partial charge in [-0.3, -0.25) is 4.79 Å². The van der Waals surface area contributed by atoms with Gasteiger partial charge in [0, 0.05) is 13.2 Å². The Bertz CT molecular complexity index is 1000. The second-order valence-corrected chi connectivity index (χ2v) is 8.04. The Hall–Kier alpha value is -2.94. The minimum absolute atomic E-state index is 0.0117. The number of ether oxygens (including phenoxy) is 4. The average Bonchev–Trinajstić information content (AvgIpc) is 3.35. The van der Waals surface area contributed by atoms with Crippen LogP contribution in [0.1, 0.15) is 35.6 Å². The topological polar surface area (TPSA) is 57.2 Å². The van der Waals surface area contributed by atoms with E-state index in [1.165, 1.54) is 19.2 Å². The van der Waals surface area contributed by atoms with E-state index in [0.29, 0.717) is 37.5 Å². The molecule has 2 aromatic carbocycles. The van der Waals surface area contributed by atoms with Crippen molar-refractivity contribution in [3.05, 3.63) is 53.1 Å². The highest BCUT2D eigenvalue weighted by Crippen LogP contribution is 2.39. The Labute approximate surface area is 190 Å². The van der Waals surface area contributed by atoms with Crippen LogP contribution in [0, 0.1) is 0 Å². The van der Waals surface area contributed by atoms with Gasteiger partial charge in [0.2, 0.25) is 0 Å². The summed E-state index contributed by atoms with van der Waals surface area (Å²) in [7, 11) is 3.07. The molecule has 1 saturated heterocycles. The number of hydrogen-bond acceptors (Lipinski definition) is 5. The van der Waals surface area contributed by atoms with Crippen molar-refractivity contribution in [2.45, 2.75) is 37.6 Å². The molecule has 178 valence electrons. The number of carbonyl (C=O) groups is 1. The standard InChI is InChI=1S/C24H26F3NO5/c1-30-21-11-15-8-9-28(23(29)20-7-4-10-32-20)19(18(15)13-22(21)31-2)14-33-17-6-3-5-16(12-17)24(25,26)27/h3,5-6,11-13,19-20H,4,7-10,14H2,1-2H3. The third-order valence-electron chi connectivity index (χ3n) is 6.06. The quantitative estimate of drug-likeness (QED) is 0.633. The second kappa shape index (κ2) is 9.51. The summed E-state index contributed by atoms with van der Waals surface area (Å²) in [6.45, 7) is 0.970. The van der Waals surface area contributed by atoms with Crippen LogP contribution >= 0.6 is 0 Å². The molecular weight excluding hydrogens is 439 g/mol. The van der Waals surface area contributed by atoms with Gasteiger partial charge >= 0.3 is 6.18 Å². The van der Waals surface area contributed by atoms with Crippen molar-refractivity contribution in [3.63, 3.8) is 0 Å². The van der Waals surface area contributed by atoms with Gasteiger partial charge in [0.15, 0.2) is 11.5 Å². The Morgan fingerprint density at radius 3 is 2.58 bits per heavy atom. The highest BCUT2D eigenvalue weighted by Gasteiger charge is 2.37. The van der Waals surface area contributed by atoms with Crippen molar-refractivity contribution in [3.8, 4) is 17.2 Å². The van der Waals surface area contributed by atoms with Gasteiger partial charge in [0.05, 0.1) is 25.8 Å². The summed E-state index contributed by atoms with van der Waals surface area (Å²) in [6, 6.07) is 7.90. The molecule has 2 aliphatic heterocycles. The van der Waals surface area contributed by atoms with Crippen molar-refractivity contribution < 1.29 is 36.9 Å². The number of carbonyl (C=O) groups excluding carboxylic acids is 1. The maximum atomic E-state index is 13.2. The third-order valence-corrected chi connectivity index (χ3v) is 6.06. The number of halogens is 3. The summed E-state index contributed by atoms with van der Waals surface area (Å²) in [6.07, 6.45) is -2.91. The Balaban J connectivity index is 1.65. The maximum absolute atomic E-state index is 13.2. The number of hydrogen-bond donors (Lipinski definition) is 0. The molecule has 2 aromatic rings. The van der Waals surface area contributed by atoms with E-state index in [4.69, 9.17) is 18.9 Å². The fraction of sp³-hybridized carbons (Fsp3) is 0.458. The van der Waals surface area contributed by atoms with Gasteiger partial charge in [0.25, 0.3) is 5.91 Å². The summed E-state index contributed by atoms with van der Waals surface area (Å²) in [5, 5.41) is 0. The monoisotopic (exact) mass is 465 g/mol. The van der Waals surface area contributed by atoms with E-state index in [9.17, 15) is 18.0 Å². The predicted molar refractivity (Wildman–Crippen MR) is 114 cm³/mol. The molecule has 0 bridgehead atoms. The van der Waals surface area contributed by atoms with Crippen LogP contribution in [0.5, 0.6) is 17.2 Å². The molecular formula is C24H26F3NO5. The number of amides is 1. The van der Waals surface area contributed by atoms with Crippen LogP contribution in [-0.4, -0.2) is 50.9 Å². The van der Waals surface area contributed by atoms with Gasteiger partial charge in [-0.05, 0) is 60.7 Å². The molecule has 6 nitrogen and oxygen atoms in total. The fourth-order valence-electron chi connectivity index (χ4n) is 4.37. The highest BCUT2D eigenvalue weighted by atomic mass is 19.4. The summed E-state index contributed by atoms with van der Waals surface area (Å²) < 4.78 is 61.6. The van der Waals surface area contributed by atoms with Crippen molar-refractivity contribution in [1.29, 1.82) is 0 Å². The molecule has 33 heavy (non-hydrogen) atoms. The molecule has 0 aliphatic carbocycles. The highest BCUT2D eigenvalue weighted by molar-refractivity contribution is 5.82. The van der Waals surface area contributed by atoms with Gasteiger partial charge in [-0.2, -0.15) is 13.2 Å². The first-order valence-corrected chi connectivity index (χ1v) is 10.8. The average molecular weight is 465 g/mol. The van der Waals surface area contributed by atoms with Gasteiger partial charge in [-0.25, -0.2) is 0 Å². The van der Waals surface area contributed by atoms with E-state index in [1.54, 1.807) is 12.0 Å². The van der Waals surface area contributed by atoms with E-state index >= 15 is 0 Å². The molecule has 0 N–H and O–H groups in total. The van der Waals surface area contributed by atoms with Crippen LogP contribution in [0.25, 0.3) is 0 Å². The van der Waals surface area contributed by atoms with E-state index in [1.807, 2.05) is 12.1 Å². The minimum Gasteiger partial charge on any atom is -0.493 e. The van der Waals surface area contributed by atoms with E-state index in [2.05, 4.69) is 0 Å². The minimum atomic E-state index is -4.47. The van der Waals surface area contributed by atoms with E-state index in [0.717, 1.165) is 29.7 Å². The van der Waals surface area contributed by atoms with E-state index < -0.39 is 23.9 Å². The van der Waals surface area contributed by atoms with Crippen molar-refractivity contribution in [2.24, 2.45) is 0 Å². The number of alkyl halides is 3. The molecule has 1 fully saturated rings. The zero-order valence-electron chi connectivity index (χ0n) is 18.5. The molecule has 2 heterocycles. The van der Waals surface area contributed by atoms with Gasteiger partial charge in [0.1, 0.15) is 18.5 Å². The Morgan fingerprint density at radius 1 is 1.15 bits per heavy atom. The number of benzene rings is 2. The Morgan fingerprint density at radius 2 is 1.91 bits per heavy atom. The second-order valence-electron chi connectivity index (χ2n) is 8.04. The van der Waals surface area contributed by atoms with Crippen LogP contribution in [0.4, 0.5) is 13.2 Å². The normalized spacial score (nSPS) is 20.3. The van der Waals surface area contributed by atoms with Crippen molar-refractivity contribution in [2.75, 3.05) is 34.0 Å². The van der Waals surface area contributed by atoms with Crippen molar-refractivity contribution in [1.82, 2.24) is 4.90 Å². The lowest BCUT2D eigenvalue weighted by atomic mass is 9.91. The van der Waals surface area contributed by atoms with Crippen LogP contribution in [-0.2, 0) is 22.1 Å². The number of fused-ring (bicyclic) bond motifs is 1. The molecule has 0 aromatic heterocycles. The van der Waals surface area contributed by atoms with Crippen LogP contribution in [0.2, 0.25) is 0 Å². The molecule has 9 heteroatoms. The van der Waals surface area contributed by atoms with E-state index in [-0.39, 0.29) is 18.3 Å². The summed E-state index contributed by atoms with van der Waals surface area (Å²) in [5.74, 6) is 1.03. The first kappa shape index (κ1) is 23.2. The molecule has 4 rings (SSSR count). The maximum Gasteiger partial charge on any atom is 0.416 e. The smallest absolute Gasteiger partial charge is 0.416 e. The molecule has 2 atom stereocenters. The lowest BCUT2D eigenvalue weighted by Crippen LogP contribution is -2.46. The number of methoxy groups -OCH3 is 2. The zero-order valence-corrected chi connectivity index (χ0v) is 18.5. The Kier molecular flexibility index (Phi) is 6.69. The van der Waals surface area contributed by atoms with Crippen LogP contribution in [0.15, 0.2) is 36.4 Å². The molecule has 0 saturated carbocycles. The molecule has 2 unspecified atom stereocenters. The predicted octanol–water partition coefficient (Wildman–Crippen LogP) is 4.41. The number of nitrogens with zero attached hydrogens (tertiary/aromatic N) is 1. The molecule has 0 radical (unpaired) electrons. The lowest BCUT2D eigenvalue weighted by Gasteiger charge is -2.38. The molecule has 2 aliphatic rings. The SMILES string of the molecule is COc1cc2c(cc1OC)C(COc1cccc(C(F)(F)F)c1)N(C(=O)C1CCCO1)CC2.